The molecule has 2 rings (SSSR count). The van der Waals surface area contributed by atoms with Crippen LogP contribution in [-0.2, 0) is 20.6 Å². The van der Waals surface area contributed by atoms with E-state index in [-0.39, 0.29) is 30.6 Å². The first kappa shape index (κ1) is 9.12. The van der Waals surface area contributed by atoms with E-state index >= 15 is 0 Å². The highest BCUT2D eigenvalue weighted by Crippen LogP contribution is 2.04. The SMILES string of the molecule is [2H]C([2H])(CCCn1c(=O)c2c(ncn2C([2H])([2H])[2H])n(C)c1=O)[C@H](C)O. The van der Waals surface area contributed by atoms with Gasteiger partial charge in [-0.3, -0.25) is 13.9 Å². The van der Waals surface area contributed by atoms with Crippen LogP contribution in [0.25, 0.3) is 11.2 Å². The van der Waals surface area contributed by atoms with Crippen LogP contribution in [0.2, 0.25) is 0 Å². The summed E-state index contributed by atoms with van der Waals surface area (Å²) in [5.41, 5.74) is -1.68. The lowest BCUT2D eigenvalue weighted by Gasteiger charge is -2.09. The van der Waals surface area contributed by atoms with Gasteiger partial charge in [0.15, 0.2) is 11.2 Å². The highest BCUT2D eigenvalue weighted by molar-refractivity contribution is 5.69. The molecule has 110 valence electrons. The number of hydrogen-bond donors (Lipinski definition) is 1. The zero-order valence-electron chi connectivity index (χ0n) is 16.3. The Morgan fingerprint density at radius 1 is 1.50 bits per heavy atom. The van der Waals surface area contributed by atoms with Crippen molar-refractivity contribution in [2.24, 2.45) is 14.0 Å². The van der Waals surface area contributed by atoms with Gasteiger partial charge in [-0.05, 0) is 26.1 Å². The highest BCUT2D eigenvalue weighted by atomic mass is 16.3. The summed E-state index contributed by atoms with van der Waals surface area (Å²) < 4.78 is 40.5. The number of rotatable bonds is 5. The van der Waals surface area contributed by atoms with E-state index in [0.717, 1.165) is 20.0 Å². The van der Waals surface area contributed by atoms with Crippen LogP contribution in [0.1, 0.15) is 33.0 Å². The Hall–Kier alpha value is -1.89. The lowest BCUT2D eigenvalue weighted by molar-refractivity contribution is 0.180. The molecular weight excluding hydrogens is 260 g/mol. The van der Waals surface area contributed by atoms with Gasteiger partial charge in [-0.25, -0.2) is 9.78 Å². The Kier molecular flexibility index (Phi) is 2.56. The average molecular weight is 285 g/mol. The third kappa shape index (κ3) is 2.53. The van der Waals surface area contributed by atoms with Crippen LogP contribution < -0.4 is 11.2 Å². The number of aliphatic hydroxyl groups is 1. The van der Waals surface area contributed by atoms with Gasteiger partial charge < -0.3 is 9.67 Å². The number of imidazole rings is 1. The predicted octanol–water partition coefficient (Wildman–Crippen LogP) is -0.0152. The minimum absolute atomic E-state index is 0.0262. The maximum atomic E-state index is 12.6. The van der Waals surface area contributed by atoms with Crippen LogP contribution in [0, 0.1) is 0 Å². The minimum Gasteiger partial charge on any atom is -0.393 e. The average Bonchev–Trinajstić information content (AvgIpc) is 2.93. The predicted molar refractivity (Wildman–Crippen MR) is 75.7 cm³/mol. The van der Waals surface area contributed by atoms with Gasteiger partial charge in [-0.15, -0.1) is 0 Å². The fourth-order valence-electron chi connectivity index (χ4n) is 2.01. The molecular formula is C13H20N4O3. The van der Waals surface area contributed by atoms with Crippen LogP contribution in [0.15, 0.2) is 15.9 Å². The summed E-state index contributed by atoms with van der Waals surface area (Å²) >= 11 is 0. The van der Waals surface area contributed by atoms with Gasteiger partial charge in [-0.1, -0.05) is 0 Å². The molecule has 0 aliphatic heterocycles. The van der Waals surface area contributed by atoms with Gasteiger partial charge >= 0.3 is 5.69 Å². The molecule has 1 N–H and O–H groups in total. The number of fused-ring (bicyclic) bond motifs is 1. The Balaban J connectivity index is 2.48. The van der Waals surface area contributed by atoms with Crippen molar-refractivity contribution in [1.82, 2.24) is 18.7 Å². The fourth-order valence-corrected chi connectivity index (χ4v) is 2.01. The van der Waals surface area contributed by atoms with Crippen molar-refractivity contribution in [3.63, 3.8) is 0 Å². The molecule has 0 aromatic carbocycles. The van der Waals surface area contributed by atoms with Crippen molar-refractivity contribution in [3.8, 4) is 0 Å². The number of aryl methyl sites for hydroxylation is 2. The monoisotopic (exact) mass is 285 g/mol. The van der Waals surface area contributed by atoms with E-state index in [1.54, 1.807) is 0 Å². The minimum atomic E-state index is -2.62. The summed E-state index contributed by atoms with van der Waals surface area (Å²) in [6.45, 7) is -1.39. The van der Waals surface area contributed by atoms with Crippen LogP contribution in [0.4, 0.5) is 0 Å². The van der Waals surface area contributed by atoms with Crippen molar-refractivity contribution in [1.29, 1.82) is 0 Å². The number of aromatic nitrogens is 4. The maximum Gasteiger partial charge on any atom is 0.332 e. The van der Waals surface area contributed by atoms with E-state index < -0.39 is 30.7 Å². The Morgan fingerprint density at radius 2 is 2.25 bits per heavy atom. The fraction of sp³-hybridized carbons (Fsp3) is 0.615. The molecule has 0 bridgehead atoms. The standard InChI is InChI=1S/C13H20N4O3/c1-9(18)6-4-5-7-17-12(19)10-11(14-8-15(10)2)16(3)13(17)20/h8-9,18H,4-7H2,1-3H3/t9-/m0/s1/i2D3,6D2. The zero-order valence-corrected chi connectivity index (χ0v) is 11.3. The molecule has 7 nitrogen and oxygen atoms in total. The van der Waals surface area contributed by atoms with E-state index in [1.165, 1.54) is 14.0 Å². The smallest absolute Gasteiger partial charge is 0.332 e. The molecule has 7 heteroatoms. The molecule has 0 spiro atoms. The Labute approximate surface area is 123 Å². The third-order valence-electron chi connectivity index (χ3n) is 3.03. The molecule has 1 atom stereocenters. The molecule has 0 aliphatic rings. The van der Waals surface area contributed by atoms with Crippen LogP contribution in [-0.4, -0.2) is 29.9 Å². The molecule has 0 unspecified atom stereocenters. The van der Waals surface area contributed by atoms with E-state index in [9.17, 15) is 14.7 Å². The second kappa shape index (κ2) is 5.62. The van der Waals surface area contributed by atoms with E-state index in [0.29, 0.717) is 0 Å². The summed E-state index contributed by atoms with van der Waals surface area (Å²) in [4.78, 5) is 28.8. The number of hydrogen-bond acceptors (Lipinski definition) is 4. The topological polar surface area (TPSA) is 82.0 Å². The number of nitrogens with zero attached hydrogens (tertiary/aromatic N) is 4. The van der Waals surface area contributed by atoms with E-state index in [2.05, 4.69) is 4.98 Å². The molecule has 0 amide bonds. The van der Waals surface area contributed by atoms with Gasteiger partial charge in [0, 0.05) is 27.4 Å². The van der Waals surface area contributed by atoms with Gasteiger partial charge in [0.05, 0.1) is 12.4 Å². The third-order valence-corrected chi connectivity index (χ3v) is 3.03. The normalized spacial score (nSPS) is 18.1. The second-order valence-corrected chi connectivity index (χ2v) is 4.57. The van der Waals surface area contributed by atoms with Crippen molar-refractivity contribution in [2.75, 3.05) is 0 Å². The molecule has 2 aromatic rings. The summed E-state index contributed by atoms with van der Waals surface area (Å²) in [5, 5.41) is 9.39. The molecule has 0 radical (unpaired) electrons. The highest BCUT2D eigenvalue weighted by Gasteiger charge is 2.14. The molecule has 0 aliphatic carbocycles. The second-order valence-electron chi connectivity index (χ2n) is 4.57. The van der Waals surface area contributed by atoms with Crippen molar-refractivity contribution in [3.05, 3.63) is 27.2 Å². The lowest BCUT2D eigenvalue weighted by Crippen LogP contribution is -2.39. The van der Waals surface area contributed by atoms with Gasteiger partial charge in [0.25, 0.3) is 5.56 Å². The van der Waals surface area contributed by atoms with Crippen molar-refractivity contribution < 1.29 is 12.0 Å². The summed E-state index contributed by atoms with van der Waals surface area (Å²) in [6.07, 6.45) is -1.97. The number of aliphatic hydroxyl groups excluding tert-OH is 1. The lowest BCUT2D eigenvalue weighted by atomic mass is 10.2. The van der Waals surface area contributed by atoms with Crippen molar-refractivity contribution >= 4 is 11.2 Å². The Morgan fingerprint density at radius 3 is 2.90 bits per heavy atom. The Bertz CT molecular complexity index is 894. The van der Waals surface area contributed by atoms with Crippen LogP contribution in [0.3, 0.4) is 0 Å². The quantitative estimate of drug-likeness (QED) is 0.837. The molecule has 0 saturated heterocycles. The molecule has 0 fully saturated rings. The first-order valence-electron chi connectivity index (χ1n) is 8.73. The van der Waals surface area contributed by atoms with Gasteiger partial charge in [-0.2, -0.15) is 0 Å². The molecule has 2 heterocycles. The first-order valence-corrected chi connectivity index (χ1v) is 6.23. The summed E-state index contributed by atoms with van der Waals surface area (Å²) in [6, 6.07) is 0. The van der Waals surface area contributed by atoms with Gasteiger partial charge in [0.2, 0.25) is 0 Å². The summed E-state index contributed by atoms with van der Waals surface area (Å²) in [5.74, 6) is 0. The van der Waals surface area contributed by atoms with Crippen LogP contribution in [0.5, 0.6) is 0 Å². The van der Waals surface area contributed by atoms with E-state index in [1.807, 2.05) is 0 Å². The van der Waals surface area contributed by atoms with E-state index in [4.69, 9.17) is 6.85 Å². The molecule has 2 aromatic heterocycles. The first-order chi connectivity index (χ1) is 11.4. The zero-order chi connectivity index (χ0) is 19.2. The molecule has 20 heavy (non-hydrogen) atoms. The van der Waals surface area contributed by atoms with Crippen LogP contribution >= 0.6 is 0 Å². The maximum absolute atomic E-state index is 12.6. The van der Waals surface area contributed by atoms with Gasteiger partial charge in [0.1, 0.15) is 0 Å². The molecule has 0 saturated carbocycles. The van der Waals surface area contributed by atoms with Crippen molar-refractivity contribution in [2.45, 2.75) is 38.8 Å². The summed E-state index contributed by atoms with van der Waals surface area (Å²) in [7, 11) is 1.38. The largest absolute Gasteiger partial charge is 0.393 e.